The minimum atomic E-state index is -0.929. The maximum absolute atomic E-state index is 12.1. The van der Waals surface area contributed by atoms with E-state index in [4.69, 9.17) is 5.11 Å². The first-order valence-electron chi connectivity index (χ1n) is 7.88. The lowest BCUT2D eigenvalue weighted by Gasteiger charge is -2.30. The lowest BCUT2D eigenvalue weighted by Crippen LogP contribution is -2.37. The van der Waals surface area contributed by atoms with Crippen LogP contribution in [0.4, 0.5) is 4.79 Å². The molecule has 9 heteroatoms. The molecule has 3 rings (SSSR count). The van der Waals surface area contributed by atoms with E-state index in [1.807, 2.05) is 6.92 Å². The zero-order valence-corrected chi connectivity index (χ0v) is 13.3. The number of fused-ring (bicyclic) bond motifs is 1. The molecule has 9 nitrogen and oxygen atoms in total. The SMILES string of the molecule is CCNC(=O)c1cnn2c(C3CCN(C(=O)O)CC3)cc(=O)[nH]c12. The largest absolute Gasteiger partial charge is 0.465 e. The first-order valence-corrected chi connectivity index (χ1v) is 7.88. The van der Waals surface area contributed by atoms with Crippen LogP contribution in [-0.4, -0.2) is 56.2 Å². The molecule has 0 radical (unpaired) electrons. The van der Waals surface area contributed by atoms with E-state index in [1.165, 1.54) is 17.2 Å². The summed E-state index contributed by atoms with van der Waals surface area (Å²) in [6.07, 6.45) is 1.73. The van der Waals surface area contributed by atoms with Gasteiger partial charge in [0.15, 0.2) is 0 Å². The third-order valence-electron chi connectivity index (χ3n) is 4.30. The molecule has 0 aliphatic carbocycles. The van der Waals surface area contributed by atoms with Gasteiger partial charge in [0, 0.05) is 31.6 Å². The summed E-state index contributed by atoms with van der Waals surface area (Å²) in [5.41, 5.74) is 1.08. The van der Waals surface area contributed by atoms with Crippen LogP contribution in [0.5, 0.6) is 0 Å². The van der Waals surface area contributed by atoms with E-state index in [9.17, 15) is 14.4 Å². The van der Waals surface area contributed by atoms with Gasteiger partial charge in [-0.05, 0) is 19.8 Å². The first kappa shape index (κ1) is 16.0. The average molecular weight is 333 g/mol. The molecule has 2 aromatic rings. The molecular weight excluding hydrogens is 314 g/mol. The van der Waals surface area contributed by atoms with Crippen molar-refractivity contribution in [1.29, 1.82) is 0 Å². The molecule has 2 aromatic heterocycles. The predicted molar refractivity (Wildman–Crippen MR) is 85.4 cm³/mol. The van der Waals surface area contributed by atoms with Gasteiger partial charge in [-0.15, -0.1) is 0 Å². The molecule has 0 unspecified atom stereocenters. The average Bonchev–Trinajstić information content (AvgIpc) is 2.98. The van der Waals surface area contributed by atoms with Gasteiger partial charge in [-0.2, -0.15) is 5.10 Å². The molecule has 0 atom stereocenters. The van der Waals surface area contributed by atoms with E-state index in [1.54, 1.807) is 4.52 Å². The van der Waals surface area contributed by atoms with Crippen molar-refractivity contribution in [1.82, 2.24) is 24.8 Å². The Morgan fingerprint density at radius 2 is 2.12 bits per heavy atom. The summed E-state index contributed by atoms with van der Waals surface area (Å²) in [7, 11) is 0. The quantitative estimate of drug-likeness (QED) is 0.761. The molecule has 3 N–H and O–H groups in total. The van der Waals surface area contributed by atoms with Gasteiger partial charge in [0.2, 0.25) is 0 Å². The molecule has 24 heavy (non-hydrogen) atoms. The van der Waals surface area contributed by atoms with Crippen LogP contribution in [0.3, 0.4) is 0 Å². The van der Waals surface area contributed by atoms with Crippen molar-refractivity contribution in [2.45, 2.75) is 25.7 Å². The summed E-state index contributed by atoms with van der Waals surface area (Å²) in [6.45, 7) is 3.12. The number of carbonyl (C=O) groups is 2. The number of hydrogen-bond donors (Lipinski definition) is 3. The second kappa shape index (κ2) is 6.34. The van der Waals surface area contributed by atoms with E-state index in [0.29, 0.717) is 49.4 Å². The Morgan fingerprint density at radius 3 is 2.75 bits per heavy atom. The number of hydrogen-bond acceptors (Lipinski definition) is 4. The number of nitrogens with zero attached hydrogens (tertiary/aromatic N) is 3. The number of likely N-dealkylation sites (tertiary alicyclic amines) is 1. The summed E-state index contributed by atoms with van der Waals surface area (Å²) in [4.78, 5) is 39.1. The Bertz CT molecular complexity index is 832. The van der Waals surface area contributed by atoms with Crippen LogP contribution in [0, 0.1) is 0 Å². The van der Waals surface area contributed by atoms with E-state index < -0.39 is 6.09 Å². The lowest BCUT2D eigenvalue weighted by atomic mass is 9.93. The van der Waals surface area contributed by atoms with Crippen molar-refractivity contribution in [3.8, 4) is 0 Å². The summed E-state index contributed by atoms with van der Waals surface area (Å²) >= 11 is 0. The Labute approximate surface area is 137 Å². The molecule has 0 bridgehead atoms. The van der Waals surface area contributed by atoms with Crippen LogP contribution in [0.2, 0.25) is 0 Å². The molecule has 1 fully saturated rings. The van der Waals surface area contributed by atoms with Gasteiger partial charge in [0.1, 0.15) is 11.2 Å². The van der Waals surface area contributed by atoms with Crippen molar-refractivity contribution < 1.29 is 14.7 Å². The van der Waals surface area contributed by atoms with Crippen molar-refractivity contribution in [2.24, 2.45) is 0 Å². The van der Waals surface area contributed by atoms with Crippen LogP contribution in [0.25, 0.3) is 5.65 Å². The third kappa shape index (κ3) is 2.84. The molecule has 3 heterocycles. The zero-order chi connectivity index (χ0) is 17.3. The monoisotopic (exact) mass is 333 g/mol. The molecular formula is C15H19N5O4. The van der Waals surface area contributed by atoms with Gasteiger partial charge in [0.05, 0.1) is 11.9 Å². The van der Waals surface area contributed by atoms with E-state index in [-0.39, 0.29) is 17.4 Å². The number of H-pyrrole nitrogens is 1. The number of aromatic nitrogens is 3. The number of nitrogens with one attached hydrogen (secondary N) is 2. The predicted octanol–water partition coefficient (Wildman–Crippen LogP) is 0.630. The van der Waals surface area contributed by atoms with E-state index in [2.05, 4.69) is 15.4 Å². The minimum absolute atomic E-state index is 0.0207. The fourth-order valence-electron chi connectivity index (χ4n) is 3.09. The number of piperidine rings is 1. The Hall–Kier alpha value is -2.84. The van der Waals surface area contributed by atoms with Gasteiger partial charge < -0.3 is 20.3 Å². The molecule has 1 aliphatic rings. The molecule has 128 valence electrons. The highest BCUT2D eigenvalue weighted by Gasteiger charge is 2.26. The number of amides is 2. The molecule has 2 amide bonds. The fourth-order valence-corrected chi connectivity index (χ4v) is 3.09. The molecule has 1 saturated heterocycles. The number of aromatic amines is 1. The number of rotatable bonds is 3. The van der Waals surface area contributed by atoms with Crippen molar-refractivity contribution in [3.05, 3.63) is 33.9 Å². The Morgan fingerprint density at radius 1 is 1.42 bits per heavy atom. The maximum Gasteiger partial charge on any atom is 0.407 e. The van der Waals surface area contributed by atoms with Crippen LogP contribution < -0.4 is 10.9 Å². The lowest BCUT2D eigenvalue weighted by molar-refractivity contribution is 0.0957. The van der Waals surface area contributed by atoms with Gasteiger partial charge in [-0.25, -0.2) is 9.31 Å². The number of carboxylic acid groups (broad SMARTS) is 1. The minimum Gasteiger partial charge on any atom is -0.465 e. The summed E-state index contributed by atoms with van der Waals surface area (Å²) in [5.74, 6) is -0.270. The summed E-state index contributed by atoms with van der Waals surface area (Å²) in [5, 5.41) is 16.0. The normalized spacial score (nSPS) is 15.6. The topological polar surface area (TPSA) is 120 Å². The highest BCUT2D eigenvalue weighted by molar-refractivity contribution is 5.99. The summed E-state index contributed by atoms with van der Waals surface area (Å²) < 4.78 is 1.58. The maximum atomic E-state index is 12.1. The van der Waals surface area contributed by atoms with Crippen molar-refractivity contribution in [2.75, 3.05) is 19.6 Å². The molecule has 0 spiro atoms. The zero-order valence-electron chi connectivity index (χ0n) is 13.3. The molecule has 1 aliphatic heterocycles. The van der Waals surface area contributed by atoms with E-state index >= 15 is 0 Å². The Kier molecular flexibility index (Phi) is 4.24. The summed E-state index contributed by atoms with van der Waals surface area (Å²) in [6, 6.07) is 1.47. The van der Waals surface area contributed by atoms with Crippen LogP contribution in [0.1, 0.15) is 41.7 Å². The van der Waals surface area contributed by atoms with Gasteiger partial charge in [-0.3, -0.25) is 9.59 Å². The molecule has 0 saturated carbocycles. The first-order chi connectivity index (χ1) is 11.5. The van der Waals surface area contributed by atoms with Gasteiger partial charge >= 0.3 is 6.09 Å². The van der Waals surface area contributed by atoms with Crippen molar-refractivity contribution >= 4 is 17.6 Å². The van der Waals surface area contributed by atoms with Gasteiger partial charge in [-0.1, -0.05) is 0 Å². The van der Waals surface area contributed by atoms with Crippen LogP contribution in [-0.2, 0) is 0 Å². The Balaban J connectivity index is 1.96. The van der Waals surface area contributed by atoms with Crippen molar-refractivity contribution in [3.63, 3.8) is 0 Å². The fraction of sp³-hybridized carbons (Fsp3) is 0.467. The van der Waals surface area contributed by atoms with E-state index in [0.717, 1.165) is 0 Å². The van der Waals surface area contributed by atoms with Crippen LogP contribution >= 0.6 is 0 Å². The third-order valence-corrected chi connectivity index (χ3v) is 4.30. The van der Waals surface area contributed by atoms with Crippen LogP contribution in [0.15, 0.2) is 17.1 Å². The van der Waals surface area contributed by atoms with Gasteiger partial charge in [0.25, 0.3) is 11.5 Å². The molecule has 0 aromatic carbocycles. The second-order valence-electron chi connectivity index (χ2n) is 5.78. The second-order valence-corrected chi connectivity index (χ2v) is 5.78. The standard InChI is InChI=1S/C15H19N5O4/c1-2-16-14(22)10-8-17-20-11(7-12(21)18-13(10)20)9-3-5-19(6-4-9)15(23)24/h7-9H,2-6H2,1H3,(H,16,22)(H,18,21)(H,23,24). The smallest absolute Gasteiger partial charge is 0.407 e. The number of carbonyl (C=O) groups excluding carboxylic acids is 1. The highest BCUT2D eigenvalue weighted by atomic mass is 16.4. The highest BCUT2D eigenvalue weighted by Crippen LogP contribution is 2.27.